The minimum Gasteiger partial charge on any atom is -0.382 e. The molecule has 0 amide bonds. The molecule has 2 heterocycles. The summed E-state index contributed by atoms with van der Waals surface area (Å²) in [5.74, 6) is 0.320. The first-order valence-corrected chi connectivity index (χ1v) is 5.47. The maximum absolute atomic E-state index is 10.6. The van der Waals surface area contributed by atoms with Gasteiger partial charge in [0.2, 0.25) is 0 Å². The highest BCUT2D eigenvalue weighted by molar-refractivity contribution is 5.81. The van der Waals surface area contributed by atoms with Gasteiger partial charge in [-0.25, -0.2) is 15.0 Å². The lowest BCUT2D eigenvalue weighted by Crippen LogP contribution is -2.31. The first kappa shape index (κ1) is 10.2. The summed E-state index contributed by atoms with van der Waals surface area (Å²) in [5, 5.41) is 10.6. The molecule has 2 aromatic heterocycles. The van der Waals surface area contributed by atoms with Crippen LogP contribution in [0.15, 0.2) is 24.8 Å². The van der Waals surface area contributed by atoms with Crippen LogP contribution in [0.1, 0.15) is 19.3 Å². The van der Waals surface area contributed by atoms with Gasteiger partial charge in [0.1, 0.15) is 11.8 Å². The van der Waals surface area contributed by atoms with E-state index in [1.54, 1.807) is 10.9 Å². The summed E-state index contributed by atoms with van der Waals surface area (Å²) in [4.78, 5) is 12.2. The van der Waals surface area contributed by atoms with Crippen LogP contribution in [0.2, 0.25) is 0 Å². The SMILES string of the molecule is C=C1CCCC1(O)n1cnc2c(N)ncnc21. The number of aromatic nitrogens is 4. The van der Waals surface area contributed by atoms with Crippen molar-refractivity contribution in [2.75, 3.05) is 5.73 Å². The van der Waals surface area contributed by atoms with Gasteiger partial charge in [0.15, 0.2) is 17.2 Å². The van der Waals surface area contributed by atoms with Crippen LogP contribution in [0.5, 0.6) is 0 Å². The van der Waals surface area contributed by atoms with Gasteiger partial charge in [-0.05, 0) is 24.8 Å². The van der Waals surface area contributed by atoms with Crippen molar-refractivity contribution in [2.45, 2.75) is 25.0 Å². The van der Waals surface area contributed by atoms with Gasteiger partial charge in [0.05, 0.1) is 6.33 Å². The summed E-state index contributed by atoms with van der Waals surface area (Å²) < 4.78 is 1.63. The van der Waals surface area contributed by atoms with E-state index >= 15 is 0 Å². The number of hydrogen-bond acceptors (Lipinski definition) is 5. The van der Waals surface area contributed by atoms with Crippen molar-refractivity contribution in [3.63, 3.8) is 0 Å². The highest BCUT2D eigenvalue weighted by atomic mass is 16.3. The van der Waals surface area contributed by atoms with Crippen molar-refractivity contribution >= 4 is 17.0 Å². The Hall–Kier alpha value is -1.95. The van der Waals surface area contributed by atoms with Crippen LogP contribution in [-0.4, -0.2) is 24.6 Å². The summed E-state index contributed by atoms with van der Waals surface area (Å²) in [6, 6.07) is 0. The van der Waals surface area contributed by atoms with Gasteiger partial charge in [-0.3, -0.25) is 4.57 Å². The molecule has 17 heavy (non-hydrogen) atoms. The lowest BCUT2D eigenvalue weighted by molar-refractivity contribution is 0.0113. The van der Waals surface area contributed by atoms with Gasteiger partial charge in [-0.15, -0.1) is 0 Å². The number of anilines is 1. The van der Waals surface area contributed by atoms with E-state index in [1.807, 2.05) is 0 Å². The van der Waals surface area contributed by atoms with Crippen molar-refractivity contribution in [3.05, 3.63) is 24.8 Å². The second kappa shape index (κ2) is 3.27. The average molecular weight is 231 g/mol. The summed E-state index contributed by atoms with van der Waals surface area (Å²) in [7, 11) is 0. The zero-order valence-electron chi connectivity index (χ0n) is 9.30. The van der Waals surface area contributed by atoms with E-state index in [0.29, 0.717) is 23.4 Å². The number of rotatable bonds is 1. The number of nitrogen functional groups attached to an aromatic ring is 1. The molecule has 2 aromatic rings. The molecule has 1 unspecified atom stereocenters. The molecule has 0 aliphatic heterocycles. The first-order chi connectivity index (χ1) is 8.13. The predicted octanol–water partition coefficient (Wildman–Crippen LogP) is 0.794. The molecule has 0 bridgehead atoms. The molecule has 6 heteroatoms. The van der Waals surface area contributed by atoms with Crippen LogP contribution in [0.4, 0.5) is 5.82 Å². The number of fused-ring (bicyclic) bond motifs is 1. The molecule has 1 fully saturated rings. The fraction of sp³-hybridized carbons (Fsp3) is 0.364. The molecule has 88 valence electrons. The Bertz CT molecular complexity index is 605. The van der Waals surface area contributed by atoms with Crippen molar-refractivity contribution in [2.24, 2.45) is 0 Å². The molecule has 3 rings (SSSR count). The molecule has 0 spiro atoms. The average Bonchev–Trinajstić information content (AvgIpc) is 2.86. The smallest absolute Gasteiger partial charge is 0.168 e. The third kappa shape index (κ3) is 1.27. The van der Waals surface area contributed by atoms with Crippen LogP contribution in [0.3, 0.4) is 0 Å². The fourth-order valence-electron chi connectivity index (χ4n) is 2.34. The summed E-state index contributed by atoms with van der Waals surface area (Å²) in [6.07, 6.45) is 5.27. The zero-order chi connectivity index (χ0) is 12.0. The van der Waals surface area contributed by atoms with Crippen molar-refractivity contribution in [1.29, 1.82) is 0 Å². The Morgan fingerprint density at radius 2 is 2.24 bits per heavy atom. The Morgan fingerprint density at radius 3 is 2.94 bits per heavy atom. The van der Waals surface area contributed by atoms with E-state index in [-0.39, 0.29) is 0 Å². The molecule has 1 saturated carbocycles. The number of nitrogens with zero attached hydrogens (tertiary/aromatic N) is 4. The van der Waals surface area contributed by atoms with Gasteiger partial charge < -0.3 is 10.8 Å². The van der Waals surface area contributed by atoms with Gasteiger partial charge in [0, 0.05) is 0 Å². The first-order valence-electron chi connectivity index (χ1n) is 5.47. The van der Waals surface area contributed by atoms with E-state index in [9.17, 15) is 5.11 Å². The maximum atomic E-state index is 10.6. The minimum absolute atomic E-state index is 0.320. The van der Waals surface area contributed by atoms with Crippen LogP contribution >= 0.6 is 0 Å². The van der Waals surface area contributed by atoms with Crippen molar-refractivity contribution in [1.82, 2.24) is 19.5 Å². The van der Waals surface area contributed by atoms with E-state index < -0.39 is 5.72 Å². The standard InChI is InChI=1S/C11H13N5O/c1-7-3-2-4-11(7,17)16-6-15-8-9(12)13-5-14-10(8)16/h5-6,17H,1-4H2,(H2,12,13,14). The molecule has 1 aliphatic carbocycles. The van der Waals surface area contributed by atoms with Crippen LogP contribution in [-0.2, 0) is 5.72 Å². The fourth-order valence-corrected chi connectivity index (χ4v) is 2.34. The summed E-state index contributed by atoms with van der Waals surface area (Å²) in [6.45, 7) is 3.92. The van der Waals surface area contributed by atoms with E-state index in [2.05, 4.69) is 21.5 Å². The second-order valence-corrected chi connectivity index (χ2v) is 4.32. The van der Waals surface area contributed by atoms with Crippen LogP contribution < -0.4 is 5.73 Å². The minimum atomic E-state index is -1.09. The molecule has 0 aromatic carbocycles. The van der Waals surface area contributed by atoms with Gasteiger partial charge in [-0.1, -0.05) is 6.58 Å². The Morgan fingerprint density at radius 1 is 1.41 bits per heavy atom. The molecule has 3 N–H and O–H groups in total. The molecule has 1 aliphatic rings. The molecular formula is C11H13N5O. The third-order valence-electron chi connectivity index (χ3n) is 3.33. The molecule has 6 nitrogen and oxygen atoms in total. The summed E-state index contributed by atoms with van der Waals surface area (Å²) in [5.41, 5.74) is 6.47. The van der Waals surface area contributed by atoms with Crippen molar-refractivity contribution in [3.8, 4) is 0 Å². The molecule has 1 atom stereocenters. The highest BCUT2D eigenvalue weighted by Crippen LogP contribution is 2.39. The number of hydrogen-bond donors (Lipinski definition) is 2. The van der Waals surface area contributed by atoms with Crippen LogP contribution in [0, 0.1) is 0 Å². The highest BCUT2D eigenvalue weighted by Gasteiger charge is 2.38. The van der Waals surface area contributed by atoms with Gasteiger partial charge in [0.25, 0.3) is 0 Å². The van der Waals surface area contributed by atoms with E-state index in [4.69, 9.17) is 5.73 Å². The number of imidazole rings is 1. The molecule has 0 saturated heterocycles. The Balaban J connectivity index is 2.25. The largest absolute Gasteiger partial charge is 0.382 e. The number of aliphatic hydroxyl groups is 1. The normalized spacial score (nSPS) is 24.6. The quantitative estimate of drug-likeness (QED) is 0.708. The Labute approximate surface area is 97.8 Å². The van der Waals surface area contributed by atoms with Gasteiger partial charge >= 0.3 is 0 Å². The Kier molecular flexibility index (Phi) is 1.97. The molecular weight excluding hydrogens is 218 g/mol. The van der Waals surface area contributed by atoms with Crippen LogP contribution in [0.25, 0.3) is 11.2 Å². The predicted molar refractivity (Wildman–Crippen MR) is 62.9 cm³/mol. The zero-order valence-corrected chi connectivity index (χ0v) is 9.30. The monoisotopic (exact) mass is 231 g/mol. The maximum Gasteiger partial charge on any atom is 0.168 e. The summed E-state index contributed by atoms with van der Waals surface area (Å²) >= 11 is 0. The van der Waals surface area contributed by atoms with E-state index in [0.717, 1.165) is 18.4 Å². The molecule has 0 radical (unpaired) electrons. The topological polar surface area (TPSA) is 89.8 Å². The van der Waals surface area contributed by atoms with Crippen molar-refractivity contribution < 1.29 is 5.11 Å². The lowest BCUT2D eigenvalue weighted by atomic mass is 10.1. The lowest BCUT2D eigenvalue weighted by Gasteiger charge is -2.25. The number of nitrogens with two attached hydrogens (primary N) is 1. The van der Waals surface area contributed by atoms with E-state index in [1.165, 1.54) is 6.33 Å². The third-order valence-corrected chi connectivity index (χ3v) is 3.33. The van der Waals surface area contributed by atoms with Gasteiger partial charge in [-0.2, -0.15) is 0 Å². The second-order valence-electron chi connectivity index (χ2n) is 4.32.